The highest BCUT2D eigenvalue weighted by Gasteiger charge is 2.10. The molecule has 0 aromatic heterocycles. The van der Waals surface area contributed by atoms with Gasteiger partial charge in [-0.2, -0.15) is 0 Å². The van der Waals surface area contributed by atoms with Crippen LogP contribution in [0.3, 0.4) is 0 Å². The molecule has 0 radical (unpaired) electrons. The molecule has 0 atom stereocenters. The maximum Gasteiger partial charge on any atom is 0.246 e. The molecule has 1 N–H and O–H groups in total. The monoisotopic (exact) mass is 254 g/mol. The lowest BCUT2D eigenvalue weighted by atomic mass is 10.2. The molecule has 0 fully saturated rings. The van der Waals surface area contributed by atoms with E-state index in [1.807, 2.05) is 11.8 Å². The molecule has 4 nitrogen and oxygen atoms in total. The van der Waals surface area contributed by atoms with Gasteiger partial charge >= 0.3 is 0 Å². The van der Waals surface area contributed by atoms with Crippen LogP contribution in [0.4, 0.5) is 0 Å². The second kappa shape index (κ2) is 9.68. The number of hydrogen-bond acceptors (Lipinski definition) is 2. The summed E-state index contributed by atoms with van der Waals surface area (Å²) in [6.07, 6.45) is 3.44. The number of rotatable bonds is 9. The lowest BCUT2D eigenvalue weighted by Gasteiger charge is -2.22. The number of carbonyl (C=O) groups is 2. The number of amides is 2. The fourth-order valence-corrected chi connectivity index (χ4v) is 1.56. The van der Waals surface area contributed by atoms with Gasteiger partial charge in [-0.25, -0.2) is 0 Å². The van der Waals surface area contributed by atoms with Gasteiger partial charge in [0.05, 0.1) is 0 Å². The summed E-state index contributed by atoms with van der Waals surface area (Å²) < 4.78 is 0. The highest BCUT2D eigenvalue weighted by Crippen LogP contribution is 2.00. The van der Waals surface area contributed by atoms with Crippen molar-refractivity contribution in [3.05, 3.63) is 12.2 Å². The van der Waals surface area contributed by atoms with Crippen molar-refractivity contribution in [1.82, 2.24) is 10.2 Å². The van der Waals surface area contributed by atoms with E-state index in [0.29, 0.717) is 25.1 Å². The molecule has 0 aliphatic carbocycles. The third kappa shape index (κ3) is 7.09. The molecule has 0 aliphatic rings. The van der Waals surface area contributed by atoms with Crippen molar-refractivity contribution >= 4 is 11.8 Å². The summed E-state index contributed by atoms with van der Waals surface area (Å²) in [5.74, 6) is 0.0756. The first-order valence-electron chi connectivity index (χ1n) is 6.74. The second-order valence-corrected chi connectivity index (χ2v) is 4.48. The molecule has 0 bridgehead atoms. The fourth-order valence-electron chi connectivity index (χ4n) is 1.56. The van der Waals surface area contributed by atoms with Crippen LogP contribution in [0.1, 0.15) is 46.5 Å². The molecule has 18 heavy (non-hydrogen) atoms. The highest BCUT2D eigenvalue weighted by molar-refractivity contribution is 5.92. The minimum absolute atomic E-state index is 0.114. The molecular weight excluding hydrogens is 228 g/mol. The van der Waals surface area contributed by atoms with Gasteiger partial charge in [-0.1, -0.05) is 26.8 Å². The van der Waals surface area contributed by atoms with Crippen molar-refractivity contribution in [1.29, 1.82) is 0 Å². The van der Waals surface area contributed by atoms with E-state index in [1.54, 1.807) is 6.92 Å². The van der Waals surface area contributed by atoms with Gasteiger partial charge in [0.1, 0.15) is 0 Å². The smallest absolute Gasteiger partial charge is 0.246 e. The molecule has 0 saturated carbocycles. The Hall–Kier alpha value is -1.32. The van der Waals surface area contributed by atoms with Crippen LogP contribution in [0.15, 0.2) is 12.2 Å². The van der Waals surface area contributed by atoms with E-state index in [0.717, 1.165) is 25.8 Å². The van der Waals surface area contributed by atoms with Crippen LogP contribution in [0, 0.1) is 0 Å². The van der Waals surface area contributed by atoms with E-state index >= 15 is 0 Å². The molecule has 0 aromatic carbocycles. The molecule has 0 saturated heterocycles. The van der Waals surface area contributed by atoms with Gasteiger partial charge in [-0.05, 0) is 19.8 Å². The van der Waals surface area contributed by atoms with Gasteiger partial charge in [0.2, 0.25) is 11.8 Å². The zero-order chi connectivity index (χ0) is 14.0. The maximum atomic E-state index is 11.7. The van der Waals surface area contributed by atoms with Crippen molar-refractivity contribution in [3.8, 4) is 0 Å². The average Bonchev–Trinajstić information content (AvgIpc) is 2.36. The Balaban J connectivity index is 3.92. The summed E-state index contributed by atoms with van der Waals surface area (Å²) >= 11 is 0. The molecule has 0 aliphatic heterocycles. The minimum atomic E-state index is -0.114. The third-order valence-electron chi connectivity index (χ3n) is 2.71. The van der Waals surface area contributed by atoms with Gasteiger partial charge in [0.15, 0.2) is 0 Å². The quantitative estimate of drug-likeness (QED) is 0.506. The molecular formula is C14H26N2O2. The Morgan fingerprint density at radius 1 is 1.17 bits per heavy atom. The molecule has 0 spiro atoms. The van der Waals surface area contributed by atoms with E-state index < -0.39 is 0 Å². The summed E-state index contributed by atoms with van der Waals surface area (Å²) in [6.45, 7) is 11.4. The molecule has 4 heteroatoms. The number of unbranched alkanes of at least 4 members (excludes halogenated alkanes) is 1. The number of nitrogens with zero attached hydrogens (tertiary/aromatic N) is 1. The van der Waals surface area contributed by atoms with Crippen molar-refractivity contribution in [3.63, 3.8) is 0 Å². The average molecular weight is 254 g/mol. The molecule has 2 amide bonds. The summed E-state index contributed by atoms with van der Waals surface area (Å²) in [5, 5.41) is 2.77. The first-order valence-corrected chi connectivity index (χ1v) is 6.74. The van der Waals surface area contributed by atoms with E-state index in [9.17, 15) is 9.59 Å². The first kappa shape index (κ1) is 16.7. The van der Waals surface area contributed by atoms with Crippen molar-refractivity contribution in [2.45, 2.75) is 46.5 Å². The van der Waals surface area contributed by atoms with Gasteiger partial charge in [-0.15, -0.1) is 0 Å². The summed E-state index contributed by atoms with van der Waals surface area (Å²) in [7, 11) is 0. The van der Waals surface area contributed by atoms with Gasteiger partial charge in [0.25, 0.3) is 0 Å². The van der Waals surface area contributed by atoms with Crippen LogP contribution < -0.4 is 5.32 Å². The zero-order valence-corrected chi connectivity index (χ0v) is 11.9. The summed E-state index contributed by atoms with van der Waals surface area (Å²) in [6, 6.07) is 0. The molecule has 104 valence electrons. The van der Waals surface area contributed by atoms with Crippen molar-refractivity contribution in [2.75, 3.05) is 19.6 Å². The van der Waals surface area contributed by atoms with Gasteiger partial charge in [-0.3, -0.25) is 9.59 Å². The Bertz CT molecular complexity index is 288. The first-order chi connectivity index (χ1) is 8.52. The normalized spacial score (nSPS) is 9.94. The fraction of sp³-hybridized carbons (Fsp3) is 0.714. The lowest BCUT2D eigenvalue weighted by molar-refractivity contribution is -0.131. The van der Waals surface area contributed by atoms with Crippen LogP contribution in [-0.4, -0.2) is 36.3 Å². The van der Waals surface area contributed by atoms with Gasteiger partial charge < -0.3 is 10.2 Å². The Kier molecular flexibility index (Phi) is 8.97. The number of nitrogens with one attached hydrogen (secondary N) is 1. The van der Waals surface area contributed by atoms with Crippen molar-refractivity contribution < 1.29 is 9.59 Å². The Morgan fingerprint density at radius 3 is 2.28 bits per heavy atom. The Labute approximate surface area is 110 Å². The van der Waals surface area contributed by atoms with Gasteiger partial charge in [0, 0.05) is 31.6 Å². The zero-order valence-electron chi connectivity index (χ0n) is 11.9. The van der Waals surface area contributed by atoms with Crippen LogP contribution in [0.25, 0.3) is 0 Å². The molecule has 0 aromatic rings. The van der Waals surface area contributed by atoms with E-state index in [2.05, 4.69) is 18.8 Å². The standard InChI is InChI=1S/C14H26N2O2/c1-5-7-10-16(13(17)6-2)11-8-9-15-14(18)12(3)4/h3,5-11H2,1-2,4H3,(H,15,18). The maximum absolute atomic E-state index is 11.7. The molecule has 0 unspecified atom stereocenters. The number of carbonyl (C=O) groups excluding carboxylic acids is 2. The predicted octanol–water partition coefficient (Wildman–Crippen LogP) is 2.11. The van der Waals surface area contributed by atoms with E-state index in [1.165, 1.54) is 0 Å². The topological polar surface area (TPSA) is 49.4 Å². The number of hydrogen-bond donors (Lipinski definition) is 1. The van der Waals surface area contributed by atoms with Crippen LogP contribution in [0.2, 0.25) is 0 Å². The Morgan fingerprint density at radius 2 is 1.78 bits per heavy atom. The van der Waals surface area contributed by atoms with Crippen LogP contribution in [-0.2, 0) is 9.59 Å². The largest absolute Gasteiger partial charge is 0.352 e. The highest BCUT2D eigenvalue weighted by atomic mass is 16.2. The summed E-state index contributed by atoms with van der Waals surface area (Å²) in [5.41, 5.74) is 0.516. The molecule has 0 rings (SSSR count). The van der Waals surface area contributed by atoms with E-state index in [4.69, 9.17) is 0 Å². The lowest BCUT2D eigenvalue weighted by Crippen LogP contribution is -2.34. The summed E-state index contributed by atoms with van der Waals surface area (Å²) in [4.78, 5) is 24.8. The van der Waals surface area contributed by atoms with Crippen molar-refractivity contribution in [2.24, 2.45) is 0 Å². The van der Waals surface area contributed by atoms with Crippen LogP contribution in [0.5, 0.6) is 0 Å². The predicted molar refractivity (Wildman–Crippen MR) is 74.2 cm³/mol. The SMILES string of the molecule is C=C(C)C(=O)NCCCN(CCCC)C(=O)CC. The second-order valence-electron chi connectivity index (χ2n) is 4.48. The molecule has 0 heterocycles. The van der Waals surface area contributed by atoms with Crippen LogP contribution >= 0.6 is 0 Å². The minimum Gasteiger partial charge on any atom is -0.352 e. The third-order valence-corrected chi connectivity index (χ3v) is 2.71. The van der Waals surface area contributed by atoms with E-state index in [-0.39, 0.29) is 11.8 Å².